The van der Waals surface area contributed by atoms with E-state index in [1.54, 1.807) is 6.92 Å². The Hall–Kier alpha value is -1.41. The van der Waals surface area contributed by atoms with Crippen LogP contribution in [0.25, 0.3) is 0 Å². The lowest BCUT2D eigenvalue weighted by Crippen LogP contribution is -2.31. The first-order valence-electron chi connectivity index (χ1n) is 4.87. The molecule has 0 atom stereocenters. The molecule has 1 aromatic carbocycles. The molecule has 0 fully saturated rings. The summed E-state index contributed by atoms with van der Waals surface area (Å²) in [6.07, 6.45) is 0.592. The molecule has 0 heterocycles. The largest absolute Gasteiger partial charge is 0.396 e. The summed E-state index contributed by atoms with van der Waals surface area (Å²) in [6.45, 7) is 1.99. The van der Waals surface area contributed by atoms with Crippen molar-refractivity contribution in [1.82, 2.24) is 4.72 Å². The minimum atomic E-state index is -3.87. The van der Waals surface area contributed by atoms with Gasteiger partial charge in [0.25, 0.3) is 10.2 Å². The van der Waals surface area contributed by atoms with E-state index < -0.39 is 27.5 Å². The zero-order valence-corrected chi connectivity index (χ0v) is 9.94. The van der Waals surface area contributed by atoms with Gasteiger partial charge in [0.1, 0.15) is 11.6 Å². The van der Waals surface area contributed by atoms with Crippen LogP contribution in [-0.2, 0) is 10.2 Å². The predicted molar refractivity (Wildman–Crippen MR) is 61.6 cm³/mol. The first-order valence-corrected chi connectivity index (χ1v) is 6.36. The SMILES string of the molecule is CCCNS(=O)(=O)Nc1cc(N)c(F)cc1F. The highest BCUT2D eigenvalue weighted by Gasteiger charge is 2.14. The highest BCUT2D eigenvalue weighted by Crippen LogP contribution is 2.21. The maximum Gasteiger partial charge on any atom is 0.299 e. The average molecular weight is 265 g/mol. The standard InChI is InChI=1S/C9H13F2N3O2S/c1-2-3-13-17(15,16)14-9-5-8(12)6(10)4-7(9)11/h4-5,13-14H,2-3,12H2,1H3. The molecular weight excluding hydrogens is 252 g/mol. The van der Waals surface area contributed by atoms with Gasteiger partial charge < -0.3 is 5.73 Å². The summed E-state index contributed by atoms with van der Waals surface area (Å²) in [5, 5.41) is 0. The van der Waals surface area contributed by atoms with Gasteiger partial charge in [-0.25, -0.2) is 8.78 Å². The lowest BCUT2D eigenvalue weighted by Gasteiger charge is -2.10. The Bertz CT molecular complexity index is 505. The third-order valence-corrected chi connectivity index (χ3v) is 2.95. The molecule has 0 aliphatic rings. The van der Waals surface area contributed by atoms with E-state index in [1.165, 1.54) is 0 Å². The number of halogens is 2. The Morgan fingerprint density at radius 3 is 2.53 bits per heavy atom. The summed E-state index contributed by atoms with van der Waals surface area (Å²) >= 11 is 0. The van der Waals surface area contributed by atoms with E-state index in [1.807, 2.05) is 4.72 Å². The van der Waals surface area contributed by atoms with Crippen LogP contribution in [0, 0.1) is 11.6 Å². The Balaban J connectivity index is 2.92. The maximum absolute atomic E-state index is 13.2. The van der Waals surface area contributed by atoms with E-state index in [9.17, 15) is 17.2 Å². The molecule has 96 valence electrons. The molecule has 0 saturated heterocycles. The van der Waals surface area contributed by atoms with Crippen LogP contribution in [-0.4, -0.2) is 15.0 Å². The number of nitrogens with two attached hydrogens (primary N) is 1. The molecular formula is C9H13F2N3O2S. The van der Waals surface area contributed by atoms with Crippen molar-refractivity contribution < 1.29 is 17.2 Å². The highest BCUT2D eigenvalue weighted by molar-refractivity contribution is 7.90. The molecule has 0 unspecified atom stereocenters. The second kappa shape index (κ2) is 5.28. The average Bonchev–Trinajstić information content (AvgIpc) is 2.23. The maximum atomic E-state index is 13.2. The Labute approximate surface area is 98.2 Å². The van der Waals surface area contributed by atoms with Crippen molar-refractivity contribution in [2.45, 2.75) is 13.3 Å². The quantitative estimate of drug-likeness (QED) is 0.699. The van der Waals surface area contributed by atoms with Gasteiger partial charge in [-0.3, -0.25) is 4.72 Å². The molecule has 0 saturated carbocycles. The van der Waals surface area contributed by atoms with Crippen molar-refractivity contribution in [1.29, 1.82) is 0 Å². The van der Waals surface area contributed by atoms with Crippen molar-refractivity contribution in [3.05, 3.63) is 23.8 Å². The molecule has 17 heavy (non-hydrogen) atoms. The molecule has 0 amide bonds. The smallest absolute Gasteiger partial charge is 0.299 e. The number of rotatable bonds is 5. The molecule has 1 aromatic rings. The first kappa shape index (κ1) is 13.7. The molecule has 8 heteroatoms. The van der Waals surface area contributed by atoms with Crippen molar-refractivity contribution in [2.75, 3.05) is 17.0 Å². The van der Waals surface area contributed by atoms with Gasteiger partial charge in [0.2, 0.25) is 0 Å². The fourth-order valence-corrected chi connectivity index (χ4v) is 2.05. The summed E-state index contributed by atoms with van der Waals surface area (Å²) in [5.41, 5.74) is 4.48. The lowest BCUT2D eigenvalue weighted by molar-refractivity contribution is 0.579. The number of nitrogen functional groups attached to an aromatic ring is 1. The van der Waals surface area contributed by atoms with Gasteiger partial charge in [0.05, 0.1) is 11.4 Å². The van der Waals surface area contributed by atoms with E-state index in [0.717, 1.165) is 6.07 Å². The van der Waals surface area contributed by atoms with Crippen LogP contribution in [0.3, 0.4) is 0 Å². The topological polar surface area (TPSA) is 84.2 Å². The van der Waals surface area contributed by atoms with Crippen molar-refractivity contribution in [2.24, 2.45) is 0 Å². The Morgan fingerprint density at radius 2 is 1.94 bits per heavy atom. The van der Waals surface area contributed by atoms with Gasteiger partial charge in [0, 0.05) is 12.6 Å². The fraction of sp³-hybridized carbons (Fsp3) is 0.333. The predicted octanol–water partition coefficient (Wildman–Crippen LogP) is 1.20. The second-order valence-electron chi connectivity index (χ2n) is 3.35. The summed E-state index contributed by atoms with van der Waals surface area (Å²) in [5.74, 6) is -1.97. The van der Waals surface area contributed by atoms with Crippen LogP contribution in [0.5, 0.6) is 0 Å². The number of hydrogen-bond donors (Lipinski definition) is 3. The van der Waals surface area contributed by atoms with Crippen LogP contribution in [0.4, 0.5) is 20.2 Å². The number of hydrogen-bond acceptors (Lipinski definition) is 3. The summed E-state index contributed by atoms with van der Waals surface area (Å²) < 4.78 is 52.9. The van der Waals surface area contributed by atoms with Crippen LogP contribution in [0.1, 0.15) is 13.3 Å². The summed E-state index contributed by atoms with van der Waals surface area (Å²) in [7, 11) is -3.87. The van der Waals surface area contributed by atoms with Gasteiger partial charge in [-0.2, -0.15) is 13.1 Å². The monoisotopic (exact) mass is 265 g/mol. The molecule has 0 bridgehead atoms. The highest BCUT2D eigenvalue weighted by atomic mass is 32.2. The summed E-state index contributed by atoms with van der Waals surface area (Å²) in [6, 6.07) is 1.41. The Kier molecular flexibility index (Phi) is 4.24. The molecule has 0 radical (unpaired) electrons. The molecule has 0 spiro atoms. The molecule has 0 aliphatic carbocycles. The van der Waals surface area contributed by atoms with E-state index in [2.05, 4.69) is 4.72 Å². The molecule has 4 N–H and O–H groups in total. The zero-order valence-electron chi connectivity index (χ0n) is 9.13. The Morgan fingerprint density at radius 1 is 1.29 bits per heavy atom. The third kappa shape index (κ3) is 3.82. The number of benzene rings is 1. The van der Waals surface area contributed by atoms with Crippen LogP contribution in [0.15, 0.2) is 12.1 Å². The van der Waals surface area contributed by atoms with Gasteiger partial charge in [-0.05, 0) is 12.5 Å². The molecule has 0 aromatic heterocycles. The van der Waals surface area contributed by atoms with E-state index in [4.69, 9.17) is 5.73 Å². The van der Waals surface area contributed by atoms with E-state index in [0.29, 0.717) is 12.5 Å². The van der Waals surface area contributed by atoms with Crippen molar-refractivity contribution in [3.8, 4) is 0 Å². The van der Waals surface area contributed by atoms with Gasteiger partial charge >= 0.3 is 0 Å². The van der Waals surface area contributed by atoms with Crippen LogP contribution >= 0.6 is 0 Å². The minimum absolute atomic E-state index is 0.216. The number of anilines is 2. The van der Waals surface area contributed by atoms with E-state index in [-0.39, 0.29) is 12.2 Å². The normalized spacial score (nSPS) is 11.5. The zero-order chi connectivity index (χ0) is 13.1. The lowest BCUT2D eigenvalue weighted by atomic mass is 10.2. The summed E-state index contributed by atoms with van der Waals surface area (Å²) in [4.78, 5) is 0. The minimum Gasteiger partial charge on any atom is -0.396 e. The fourth-order valence-electron chi connectivity index (χ4n) is 1.06. The first-order chi connectivity index (χ1) is 7.85. The van der Waals surface area contributed by atoms with Gasteiger partial charge in [0.15, 0.2) is 0 Å². The van der Waals surface area contributed by atoms with Gasteiger partial charge in [-0.15, -0.1) is 0 Å². The van der Waals surface area contributed by atoms with Crippen LogP contribution in [0.2, 0.25) is 0 Å². The van der Waals surface area contributed by atoms with Crippen LogP contribution < -0.4 is 15.2 Å². The second-order valence-corrected chi connectivity index (χ2v) is 4.85. The number of nitrogens with one attached hydrogen (secondary N) is 2. The third-order valence-electron chi connectivity index (χ3n) is 1.87. The molecule has 1 rings (SSSR count). The van der Waals surface area contributed by atoms with E-state index >= 15 is 0 Å². The van der Waals surface area contributed by atoms with Crippen molar-refractivity contribution >= 4 is 21.6 Å². The molecule has 0 aliphatic heterocycles. The van der Waals surface area contributed by atoms with Crippen molar-refractivity contribution in [3.63, 3.8) is 0 Å². The van der Waals surface area contributed by atoms with Gasteiger partial charge in [-0.1, -0.05) is 6.92 Å². The molecule has 5 nitrogen and oxygen atoms in total.